The van der Waals surface area contributed by atoms with Crippen LogP contribution in [0.2, 0.25) is 0 Å². The van der Waals surface area contributed by atoms with E-state index < -0.39 is 55.4 Å². The molecule has 2 aromatic carbocycles. The molecule has 1 saturated heterocycles. The van der Waals surface area contributed by atoms with Gasteiger partial charge in [-0.2, -0.15) is 0 Å². The number of hydrogen-bond donors (Lipinski definition) is 4. The molecule has 2 amide bonds. The lowest BCUT2D eigenvalue weighted by molar-refractivity contribution is -0.229. The molecule has 264 valence electrons. The van der Waals surface area contributed by atoms with Crippen LogP contribution < -0.4 is 9.64 Å². The number of carboxylic acid groups (broad SMARTS) is 1. The molecule has 1 aliphatic rings. The minimum absolute atomic E-state index is 0.0395. The molecule has 3 aromatic rings. The number of anilines is 1. The summed E-state index contributed by atoms with van der Waals surface area (Å²) in [4.78, 5) is 41.2. The zero-order valence-corrected chi connectivity index (χ0v) is 28.0. The van der Waals surface area contributed by atoms with Crippen LogP contribution in [0.15, 0.2) is 52.9 Å². The Morgan fingerprint density at radius 1 is 1.10 bits per heavy atom. The van der Waals surface area contributed by atoms with E-state index in [2.05, 4.69) is 5.92 Å². The van der Waals surface area contributed by atoms with Gasteiger partial charge in [0.15, 0.2) is 0 Å². The molecule has 13 heteroatoms. The van der Waals surface area contributed by atoms with E-state index in [4.69, 9.17) is 30.2 Å². The maximum atomic E-state index is 13.7. The molecule has 2 unspecified atom stereocenters. The number of rotatable bonds is 14. The molecule has 1 fully saturated rings. The Balaban J connectivity index is 1.64. The van der Waals surface area contributed by atoms with Crippen molar-refractivity contribution < 1.29 is 53.4 Å². The Bertz CT molecular complexity index is 1630. The summed E-state index contributed by atoms with van der Waals surface area (Å²) in [5, 5.41) is 39.6. The van der Waals surface area contributed by atoms with Crippen molar-refractivity contribution >= 4 is 34.6 Å². The number of carboxylic acids is 1. The average molecular weight is 681 g/mol. The summed E-state index contributed by atoms with van der Waals surface area (Å²) < 4.78 is 23.9. The fourth-order valence-electron chi connectivity index (χ4n) is 5.86. The molecule has 49 heavy (non-hydrogen) atoms. The standard InChI is InChI=1S/C36H44N2O11/c1-6-11-27(49-36(45)38(5)32(21(2)3)35(44)37(4)22-12-8-7-9-13-22)24-16-17-28(47-31-19-26(40)33(43)29(20-39)48-31)25-18-23(46-34(24)25)14-10-15-30(41)42/h1,7-9,12-13,16-18,21,26-27,29,31-33,39-40,43H,10-11,14-15,19-20H2,2-5H3,(H,41,42)/t26-,27?,29-,31-,32?,33-/m1/s1. The van der Waals surface area contributed by atoms with Crippen LogP contribution in [0.25, 0.3) is 11.0 Å². The number of carbonyl (C=O) groups excluding carboxylic acids is 2. The summed E-state index contributed by atoms with van der Waals surface area (Å²) in [7, 11) is 3.13. The van der Waals surface area contributed by atoms with E-state index in [1.807, 2.05) is 32.0 Å². The van der Waals surface area contributed by atoms with E-state index in [0.717, 1.165) is 0 Å². The fourth-order valence-corrected chi connectivity index (χ4v) is 5.86. The lowest BCUT2D eigenvalue weighted by atomic mass is 10.0. The molecule has 4 rings (SSSR count). The van der Waals surface area contributed by atoms with Gasteiger partial charge >= 0.3 is 12.1 Å². The van der Waals surface area contributed by atoms with Gasteiger partial charge in [-0.15, -0.1) is 12.3 Å². The number of aryl methyl sites for hydroxylation is 1. The van der Waals surface area contributed by atoms with Crippen LogP contribution in [0.1, 0.15) is 57.0 Å². The lowest BCUT2D eigenvalue weighted by Crippen LogP contribution is -2.51. The Hall–Kier alpha value is -4.61. The van der Waals surface area contributed by atoms with Gasteiger partial charge in [0.2, 0.25) is 12.2 Å². The molecule has 0 spiro atoms. The molecule has 2 heterocycles. The zero-order valence-electron chi connectivity index (χ0n) is 28.0. The Kier molecular flexibility index (Phi) is 12.7. The highest BCUT2D eigenvalue weighted by atomic mass is 16.7. The Morgan fingerprint density at radius 2 is 1.82 bits per heavy atom. The monoisotopic (exact) mass is 680 g/mol. The van der Waals surface area contributed by atoms with Crippen LogP contribution in [0.5, 0.6) is 5.75 Å². The second kappa shape index (κ2) is 16.7. The smallest absolute Gasteiger partial charge is 0.410 e. The number of para-hydroxylation sites is 1. The summed E-state index contributed by atoms with van der Waals surface area (Å²) in [5.74, 6) is 1.73. The van der Waals surface area contributed by atoms with Crippen LogP contribution in [-0.2, 0) is 25.5 Å². The topological polar surface area (TPSA) is 179 Å². The lowest BCUT2D eigenvalue weighted by Gasteiger charge is -2.36. The van der Waals surface area contributed by atoms with Crippen molar-refractivity contribution in [3.8, 4) is 18.1 Å². The van der Waals surface area contributed by atoms with Gasteiger partial charge in [0.1, 0.15) is 41.4 Å². The Labute approximate surface area is 285 Å². The van der Waals surface area contributed by atoms with Gasteiger partial charge < -0.3 is 44.0 Å². The number of likely N-dealkylation sites (N-methyl/N-ethyl adjacent to an activating group) is 2. The Morgan fingerprint density at radius 3 is 2.45 bits per heavy atom. The van der Waals surface area contributed by atoms with Crippen LogP contribution in [0.4, 0.5) is 10.5 Å². The van der Waals surface area contributed by atoms with Gasteiger partial charge in [-0.3, -0.25) is 14.5 Å². The molecule has 0 radical (unpaired) electrons. The van der Waals surface area contributed by atoms with Crippen molar-refractivity contribution in [2.45, 2.75) is 82.7 Å². The highest BCUT2D eigenvalue weighted by molar-refractivity contribution is 5.98. The largest absolute Gasteiger partial charge is 0.481 e. The van der Waals surface area contributed by atoms with Crippen molar-refractivity contribution in [2.75, 3.05) is 25.6 Å². The summed E-state index contributed by atoms with van der Waals surface area (Å²) in [6, 6.07) is 13.1. The first kappa shape index (κ1) is 37.2. The number of carbonyl (C=O) groups is 3. The van der Waals surface area contributed by atoms with Crippen molar-refractivity contribution in [1.82, 2.24) is 4.90 Å². The number of aliphatic carboxylic acids is 1. The second-order valence-corrected chi connectivity index (χ2v) is 12.4. The minimum Gasteiger partial charge on any atom is -0.481 e. The van der Waals surface area contributed by atoms with E-state index >= 15 is 0 Å². The number of hydrogen-bond acceptors (Lipinski definition) is 10. The van der Waals surface area contributed by atoms with Gasteiger partial charge in [0.25, 0.3) is 0 Å². The number of ether oxygens (including phenoxy) is 3. The van der Waals surface area contributed by atoms with Gasteiger partial charge in [-0.25, -0.2) is 4.79 Å². The molecular formula is C36H44N2O11. The third-order valence-corrected chi connectivity index (χ3v) is 8.47. The molecule has 13 nitrogen and oxygen atoms in total. The number of furan rings is 1. The molecule has 0 saturated carbocycles. The summed E-state index contributed by atoms with van der Waals surface area (Å²) >= 11 is 0. The summed E-state index contributed by atoms with van der Waals surface area (Å²) in [5.41, 5.74) is 1.35. The maximum absolute atomic E-state index is 13.7. The number of amides is 2. The predicted molar refractivity (Wildman–Crippen MR) is 179 cm³/mol. The number of aliphatic hydroxyl groups excluding tert-OH is 3. The van der Waals surface area contributed by atoms with Crippen molar-refractivity contribution in [1.29, 1.82) is 0 Å². The van der Waals surface area contributed by atoms with Crippen molar-refractivity contribution in [3.63, 3.8) is 0 Å². The summed E-state index contributed by atoms with van der Waals surface area (Å²) in [6.45, 7) is 3.13. The first-order chi connectivity index (χ1) is 23.4. The third-order valence-electron chi connectivity index (χ3n) is 8.47. The first-order valence-electron chi connectivity index (χ1n) is 16.1. The number of fused-ring (bicyclic) bond motifs is 1. The van der Waals surface area contributed by atoms with Gasteiger partial charge in [-0.1, -0.05) is 32.0 Å². The first-order valence-corrected chi connectivity index (χ1v) is 16.1. The van der Waals surface area contributed by atoms with Crippen LogP contribution in [0.3, 0.4) is 0 Å². The average Bonchev–Trinajstić information content (AvgIpc) is 3.50. The van der Waals surface area contributed by atoms with E-state index in [1.54, 1.807) is 37.4 Å². The highest BCUT2D eigenvalue weighted by Crippen LogP contribution is 2.38. The molecule has 6 atom stereocenters. The van der Waals surface area contributed by atoms with Crippen molar-refractivity contribution in [2.24, 2.45) is 5.92 Å². The fraction of sp³-hybridized carbons (Fsp3) is 0.472. The normalized spacial score (nSPS) is 20.3. The number of benzene rings is 2. The van der Waals surface area contributed by atoms with E-state index in [1.165, 1.54) is 16.8 Å². The molecule has 4 N–H and O–H groups in total. The van der Waals surface area contributed by atoms with Crippen LogP contribution in [0, 0.1) is 18.3 Å². The molecule has 0 bridgehead atoms. The molecule has 0 aliphatic carbocycles. The quantitative estimate of drug-likeness (QED) is 0.182. The summed E-state index contributed by atoms with van der Waals surface area (Å²) in [6.07, 6.45) is -0.272. The molecule has 1 aliphatic heterocycles. The van der Waals surface area contributed by atoms with E-state index in [0.29, 0.717) is 28.8 Å². The second-order valence-electron chi connectivity index (χ2n) is 12.4. The third kappa shape index (κ3) is 8.90. The minimum atomic E-state index is -1.29. The predicted octanol–water partition coefficient (Wildman–Crippen LogP) is 3.87. The van der Waals surface area contributed by atoms with E-state index in [9.17, 15) is 29.7 Å². The number of terminal acetylenes is 1. The molecule has 1 aromatic heterocycles. The maximum Gasteiger partial charge on any atom is 0.410 e. The SMILES string of the molecule is C#CCC(OC(=O)N(C)C(C(=O)N(C)c1ccccc1)C(C)C)c1ccc(O[C@H]2C[C@@H](O)[C@@H](O)[C@@H](CO)O2)c2cc(CCCC(=O)O)oc12. The van der Waals surface area contributed by atoms with Crippen molar-refractivity contribution in [3.05, 3.63) is 59.9 Å². The number of nitrogens with zero attached hydrogens (tertiary/aromatic N) is 2. The highest BCUT2D eigenvalue weighted by Gasteiger charge is 2.38. The van der Waals surface area contributed by atoms with Gasteiger partial charge in [-0.05, 0) is 42.7 Å². The van der Waals surface area contributed by atoms with E-state index in [-0.39, 0.29) is 48.8 Å². The molecular weight excluding hydrogens is 636 g/mol. The van der Waals surface area contributed by atoms with Gasteiger partial charge in [0, 0.05) is 44.6 Å². The van der Waals surface area contributed by atoms with Crippen LogP contribution in [-0.4, -0.2) is 94.6 Å². The van der Waals surface area contributed by atoms with Gasteiger partial charge in [0.05, 0.1) is 24.5 Å². The number of aliphatic hydroxyl groups is 3. The zero-order chi connectivity index (χ0) is 35.8. The van der Waals surface area contributed by atoms with Crippen LogP contribution >= 0.6 is 0 Å².